The van der Waals surface area contributed by atoms with E-state index in [1.54, 1.807) is 36.4 Å². The normalized spacial score (nSPS) is 11.1. The molecule has 0 fully saturated rings. The van der Waals surface area contributed by atoms with E-state index in [2.05, 4.69) is 5.32 Å². The third kappa shape index (κ3) is 4.56. The summed E-state index contributed by atoms with van der Waals surface area (Å²) in [5.41, 5.74) is 3.15. The monoisotopic (exact) mass is 332 g/mol. The molecule has 0 bridgehead atoms. The molecule has 0 aliphatic carbocycles. The fraction of sp³-hybridized carbons (Fsp3) is 0.235. The Morgan fingerprint density at radius 2 is 1.70 bits per heavy atom. The molecule has 0 aliphatic rings. The van der Waals surface area contributed by atoms with E-state index < -0.39 is 10.0 Å². The van der Waals surface area contributed by atoms with E-state index in [0.29, 0.717) is 11.4 Å². The van der Waals surface area contributed by atoms with Crippen LogP contribution in [0.3, 0.4) is 0 Å². The van der Waals surface area contributed by atoms with Crippen LogP contribution in [0.25, 0.3) is 0 Å². The van der Waals surface area contributed by atoms with E-state index in [0.717, 1.165) is 21.7 Å². The Kier molecular flexibility index (Phi) is 5.05. The Morgan fingerprint density at radius 3 is 2.26 bits per heavy atom. The number of nitrogens with one attached hydrogen (secondary N) is 1. The van der Waals surface area contributed by atoms with Crippen LogP contribution in [0.4, 0.5) is 11.4 Å². The van der Waals surface area contributed by atoms with Gasteiger partial charge < -0.3 is 5.32 Å². The molecular weight excluding hydrogens is 312 g/mol. The summed E-state index contributed by atoms with van der Waals surface area (Å²) in [5.74, 6) is -0.389. The van der Waals surface area contributed by atoms with Crippen LogP contribution < -0.4 is 9.62 Å². The van der Waals surface area contributed by atoms with Crippen LogP contribution in [-0.2, 0) is 14.8 Å². The molecule has 23 heavy (non-hydrogen) atoms. The summed E-state index contributed by atoms with van der Waals surface area (Å²) in [7, 11) is -3.56. The van der Waals surface area contributed by atoms with Gasteiger partial charge in [-0.25, -0.2) is 8.42 Å². The SMILES string of the molecule is Cc1ccc(N(CC(=O)Nc2ccccc2)S(C)(=O)=O)cc1C. The molecule has 0 spiro atoms. The van der Waals surface area contributed by atoms with E-state index in [1.165, 1.54) is 0 Å². The molecule has 2 rings (SSSR count). The minimum Gasteiger partial charge on any atom is -0.325 e. The molecule has 122 valence electrons. The molecule has 2 aromatic carbocycles. The molecule has 0 saturated heterocycles. The Morgan fingerprint density at radius 1 is 1.04 bits per heavy atom. The molecule has 5 nitrogen and oxygen atoms in total. The number of carbonyl (C=O) groups is 1. The minimum atomic E-state index is -3.56. The van der Waals surface area contributed by atoms with Gasteiger partial charge in [-0.2, -0.15) is 0 Å². The van der Waals surface area contributed by atoms with Crippen LogP contribution in [0.5, 0.6) is 0 Å². The molecule has 1 amide bonds. The van der Waals surface area contributed by atoms with Crippen LogP contribution in [-0.4, -0.2) is 27.1 Å². The van der Waals surface area contributed by atoms with Gasteiger partial charge in [0.15, 0.2) is 0 Å². The first-order valence-corrected chi connectivity index (χ1v) is 9.02. The topological polar surface area (TPSA) is 66.5 Å². The second-order valence-electron chi connectivity index (χ2n) is 5.45. The highest BCUT2D eigenvalue weighted by Gasteiger charge is 2.21. The number of rotatable bonds is 5. The van der Waals surface area contributed by atoms with Gasteiger partial charge in [0, 0.05) is 5.69 Å². The number of aryl methyl sites for hydroxylation is 2. The van der Waals surface area contributed by atoms with Crippen molar-refractivity contribution in [3.8, 4) is 0 Å². The van der Waals surface area contributed by atoms with Crippen molar-refractivity contribution < 1.29 is 13.2 Å². The molecule has 2 aromatic rings. The van der Waals surface area contributed by atoms with Crippen molar-refractivity contribution in [3.05, 3.63) is 59.7 Å². The number of anilines is 2. The summed E-state index contributed by atoms with van der Waals surface area (Å²) in [6.07, 6.45) is 1.10. The lowest BCUT2D eigenvalue weighted by Crippen LogP contribution is -2.37. The van der Waals surface area contributed by atoms with Gasteiger partial charge in [0.2, 0.25) is 15.9 Å². The van der Waals surface area contributed by atoms with Crippen molar-refractivity contribution in [2.45, 2.75) is 13.8 Å². The van der Waals surface area contributed by atoms with Gasteiger partial charge in [-0.15, -0.1) is 0 Å². The Bertz CT molecular complexity index is 802. The largest absolute Gasteiger partial charge is 0.325 e. The summed E-state index contributed by atoms with van der Waals surface area (Å²) in [6.45, 7) is 3.59. The van der Waals surface area contributed by atoms with Crippen molar-refractivity contribution in [2.24, 2.45) is 0 Å². The van der Waals surface area contributed by atoms with Gasteiger partial charge in [-0.1, -0.05) is 24.3 Å². The van der Waals surface area contributed by atoms with Gasteiger partial charge in [0.05, 0.1) is 11.9 Å². The van der Waals surface area contributed by atoms with Gasteiger partial charge in [0.1, 0.15) is 6.54 Å². The summed E-state index contributed by atoms with van der Waals surface area (Å²) in [5, 5.41) is 2.70. The smallest absolute Gasteiger partial charge is 0.245 e. The van der Waals surface area contributed by atoms with Crippen molar-refractivity contribution in [1.29, 1.82) is 0 Å². The van der Waals surface area contributed by atoms with E-state index in [1.807, 2.05) is 26.0 Å². The van der Waals surface area contributed by atoms with Crippen LogP contribution >= 0.6 is 0 Å². The Balaban J connectivity index is 2.23. The van der Waals surface area contributed by atoms with E-state index >= 15 is 0 Å². The number of nitrogens with zero attached hydrogens (tertiary/aromatic N) is 1. The highest BCUT2D eigenvalue weighted by Crippen LogP contribution is 2.21. The highest BCUT2D eigenvalue weighted by molar-refractivity contribution is 7.92. The molecule has 0 aromatic heterocycles. The predicted octanol–water partition coefficient (Wildman–Crippen LogP) is 2.71. The standard InChI is InChI=1S/C17H20N2O3S/c1-13-9-10-16(11-14(13)2)19(23(3,21)22)12-17(20)18-15-7-5-4-6-8-15/h4-11H,12H2,1-3H3,(H,18,20). The number of carbonyl (C=O) groups excluding carboxylic acids is 1. The highest BCUT2D eigenvalue weighted by atomic mass is 32.2. The maximum atomic E-state index is 12.2. The third-order valence-corrected chi connectivity index (χ3v) is 4.66. The van der Waals surface area contributed by atoms with Crippen molar-refractivity contribution in [2.75, 3.05) is 22.4 Å². The predicted molar refractivity (Wildman–Crippen MR) is 93.2 cm³/mol. The molecule has 0 heterocycles. The maximum Gasteiger partial charge on any atom is 0.245 e. The quantitative estimate of drug-likeness (QED) is 0.915. The number of para-hydroxylation sites is 1. The van der Waals surface area contributed by atoms with E-state index in [9.17, 15) is 13.2 Å². The fourth-order valence-corrected chi connectivity index (χ4v) is 2.98. The lowest BCUT2D eigenvalue weighted by atomic mass is 10.1. The lowest BCUT2D eigenvalue weighted by molar-refractivity contribution is -0.114. The zero-order chi connectivity index (χ0) is 17.0. The van der Waals surface area contributed by atoms with Gasteiger partial charge in [-0.05, 0) is 49.2 Å². The van der Waals surface area contributed by atoms with Gasteiger partial charge >= 0.3 is 0 Å². The average molecular weight is 332 g/mol. The van der Waals surface area contributed by atoms with Crippen molar-refractivity contribution in [1.82, 2.24) is 0 Å². The molecule has 0 unspecified atom stereocenters. The molecule has 6 heteroatoms. The fourth-order valence-electron chi connectivity index (χ4n) is 2.13. The number of hydrogen-bond acceptors (Lipinski definition) is 3. The minimum absolute atomic E-state index is 0.268. The first-order valence-electron chi connectivity index (χ1n) is 7.17. The molecule has 0 aliphatic heterocycles. The summed E-state index contributed by atoms with van der Waals surface area (Å²) in [4.78, 5) is 12.2. The molecule has 0 saturated carbocycles. The van der Waals surface area contributed by atoms with Crippen LogP contribution in [0.2, 0.25) is 0 Å². The zero-order valence-electron chi connectivity index (χ0n) is 13.4. The number of amides is 1. The molecule has 1 N–H and O–H groups in total. The maximum absolute atomic E-state index is 12.2. The number of hydrogen-bond donors (Lipinski definition) is 1. The number of benzene rings is 2. The Labute approximate surface area is 137 Å². The molecular formula is C17H20N2O3S. The van der Waals surface area contributed by atoms with Crippen molar-refractivity contribution in [3.63, 3.8) is 0 Å². The van der Waals surface area contributed by atoms with E-state index in [-0.39, 0.29) is 12.5 Å². The van der Waals surface area contributed by atoms with Crippen molar-refractivity contribution >= 4 is 27.3 Å². The van der Waals surface area contributed by atoms with Crippen LogP contribution in [0.15, 0.2) is 48.5 Å². The molecule has 0 radical (unpaired) electrons. The van der Waals surface area contributed by atoms with Gasteiger partial charge in [-0.3, -0.25) is 9.10 Å². The third-order valence-electron chi connectivity index (χ3n) is 3.52. The van der Waals surface area contributed by atoms with Crippen LogP contribution in [0, 0.1) is 13.8 Å². The van der Waals surface area contributed by atoms with Gasteiger partial charge in [0.25, 0.3) is 0 Å². The summed E-state index contributed by atoms with van der Waals surface area (Å²) >= 11 is 0. The number of sulfonamides is 1. The first-order chi connectivity index (χ1) is 10.8. The zero-order valence-corrected chi connectivity index (χ0v) is 14.2. The van der Waals surface area contributed by atoms with E-state index in [4.69, 9.17) is 0 Å². The average Bonchev–Trinajstić information content (AvgIpc) is 2.48. The second kappa shape index (κ2) is 6.83. The summed E-state index contributed by atoms with van der Waals surface area (Å²) in [6, 6.07) is 14.3. The molecule has 0 atom stereocenters. The first kappa shape index (κ1) is 17.0. The summed E-state index contributed by atoms with van der Waals surface area (Å²) < 4.78 is 25.2. The lowest BCUT2D eigenvalue weighted by Gasteiger charge is -2.22. The Hall–Kier alpha value is -2.34. The van der Waals surface area contributed by atoms with Crippen LogP contribution in [0.1, 0.15) is 11.1 Å². The second-order valence-corrected chi connectivity index (χ2v) is 7.36.